The predicted octanol–water partition coefficient (Wildman–Crippen LogP) is 4.37. The monoisotopic (exact) mass is 259 g/mol. The zero-order valence-electron chi connectivity index (χ0n) is 11.6. The lowest BCUT2D eigenvalue weighted by Gasteiger charge is -2.20. The number of rotatable bonds is 4. The van der Waals surface area contributed by atoms with Crippen LogP contribution in [0.15, 0.2) is 29.6 Å². The van der Waals surface area contributed by atoms with Crippen LogP contribution in [0.3, 0.4) is 0 Å². The molecule has 1 aromatic carbocycles. The number of aryl methyl sites for hydroxylation is 3. The minimum absolute atomic E-state index is 0.328. The Morgan fingerprint density at radius 2 is 1.83 bits per heavy atom. The molecule has 18 heavy (non-hydrogen) atoms. The normalized spacial score (nSPS) is 12.7. The third kappa shape index (κ3) is 2.65. The smallest absolute Gasteiger partial charge is 0.0673 e. The third-order valence-electron chi connectivity index (χ3n) is 3.43. The Balaban J connectivity index is 2.46. The van der Waals surface area contributed by atoms with Gasteiger partial charge < -0.3 is 5.32 Å². The third-order valence-corrected chi connectivity index (χ3v) is 4.37. The molecule has 1 atom stereocenters. The van der Waals surface area contributed by atoms with Gasteiger partial charge in [-0.05, 0) is 61.0 Å². The second kappa shape index (κ2) is 5.68. The molecule has 1 heterocycles. The first-order valence-corrected chi connectivity index (χ1v) is 7.36. The molecule has 96 valence electrons. The predicted molar refractivity (Wildman–Crippen MR) is 80.5 cm³/mol. The molecule has 2 heteroatoms. The molecule has 0 saturated carbocycles. The largest absolute Gasteiger partial charge is 0.306 e. The highest BCUT2D eigenvalue weighted by Crippen LogP contribution is 2.29. The molecular weight excluding hydrogens is 238 g/mol. The zero-order valence-corrected chi connectivity index (χ0v) is 12.4. The average Bonchev–Trinajstić information content (AvgIpc) is 2.85. The summed E-state index contributed by atoms with van der Waals surface area (Å²) in [6.45, 7) is 9.72. The second-order valence-electron chi connectivity index (χ2n) is 4.80. The van der Waals surface area contributed by atoms with Gasteiger partial charge in [0.25, 0.3) is 0 Å². The Morgan fingerprint density at radius 1 is 1.11 bits per heavy atom. The summed E-state index contributed by atoms with van der Waals surface area (Å²) in [6, 6.07) is 9.29. The number of hydrogen-bond donors (Lipinski definition) is 1. The minimum Gasteiger partial charge on any atom is -0.306 e. The van der Waals surface area contributed by atoms with Gasteiger partial charge in [-0.2, -0.15) is 0 Å². The van der Waals surface area contributed by atoms with Crippen molar-refractivity contribution in [2.45, 2.75) is 33.7 Å². The number of hydrogen-bond acceptors (Lipinski definition) is 2. The van der Waals surface area contributed by atoms with Crippen LogP contribution in [0.5, 0.6) is 0 Å². The van der Waals surface area contributed by atoms with Crippen molar-refractivity contribution in [1.29, 1.82) is 0 Å². The maximum atomic E-state index is 3.60. The first-order valence-electron chi connectivity index (χ1n) is 6.48. The Morgan fingerprint density at radius 3 is 2.44 bits per heavy atom. The van der Waals surface area contributed by atoms with Gasteiger partial charge in [-0.1, -0.05) is 25.1 Å². The van der Waals surface area contributed by atoms with E-state index < -0.39 is 0 Å². The van der Waals surface area contributed by atoms with Gasteiger partial charge in [0, 0.05) is 4.88 Å². The Bertz CT molecular complexity index is 514. The lowest BCUT2D eigenvalue weighted by molar-refractivity contribution is 0.636. The van der Waals surface area contributed by atoms with Crippen LogP contribution in [0.25, 0.3) is 0 Å². The van der Waals surface area contributed by atoms with Crippen molar-refractivity contribution in [3.63, 3.8) is 0 Å². The van der Waals surface area contributed by atoms with Crippen LogP contribution in [-0.2, 0) is 0 Å². The molecule has 2 rings (SSSR count). The van der Waals surface area contributed by atoms with Crippen molar-refractivity contribution in [1.82, 2.24) is 5.32 Å². The summed E-state index contributed by atoms with van der Waals surface area (Å²) in [5, 5.41) is 5.75. The Hall–Kier alpha value is -1.12. The summed E-state index contributed by atoms with van der Waals surface area (Å²) < 4.78 is 0. The molecule has 0 fully saturated rings. The molecule has 0 bridgehead atoms. The molecule has 0 aliphatic carbocycles. The van der Waals surface area contributed by atoms with Crippen LogP contribution in [0.2, 0.25) is 0 Å². The number of thiophene rings is 1. The van der Waals surface area contributed by atoms with Gasteiger partial charge in [0.2, 0.25) is 0 Å². The van der Waals surface area contributed by atoms with E-state index in [1.165, 1.54) is 27.1 Å². The van der Waals surface area contributed by atoms with Crippen molar-refractivity contribution in [2.24, 2.45) is 0 Å². The van der Waals surface area contributed by atoms with Gasteiger partial charge in [-0.3, -0.25) is 0 Å². The summed E-state index contributed by atoms with van der Waals surface area (Å²) >= 11 is 1.82. The minimum atomic E-state index is 0.328. The number of benzene rings is 1. The van der Waals surface area contributed by atoms with Crippen LogP contribution >= 0.6 is 11.3 Å². The topological polar surface area (TPSA) is 12.0 Å². The standard InChI is InChI=1S/C16H21NS/c1-5-17-16(15-7-6-8-18-15)14-10-12(3)11(2)9-13(14)4/h6-10,16-17H,5H2,1-4H3. The summed E-state index contributed by atoms with van der Waals surface area (Å²) in [5.41, 5.74) is 5.52. The van der Waals surface area contributed by atoms with Crippen molar-refractivity contribution >= 4 is 11.3 Å². The highest BCUT2D eigenvalue weighted by molar-refractivity contribution is 7.10. The van der Waals surface area contributed by atoms with Gasteiger partial charge >= 0.3 is 0 Å². The summed E-state index contributed by atoms with van der Waals surface area (Å²) in [6.07, 6.45) is 0. The SMILES string of the molecule is CCNC(c1cccs1)c1cc(C)c(C)cc1C. The van der Waals surface area contributed by atoms with E-state index in [4.69, 9.17) is 0 Å². The van der Waals surface area contributed by atoms with Gasteiger partial charge in [0.1, 0.15) is 0 Å². The molecule has 0 aliphatic heterocycles. The molecule has 0 spiro atoms. The fourth-order valence-electron chi connectivity index (χ4n) is 2.32. The van der Waals surface area contributed by atoms with Crippen LogP contribution in [0.4, 0.5) is 0 Å². The molecule has 1 aromatic heterocycles. The van der Waals surface area contributed by atoms with Gasteiger partial charge in [-0.25, -0.2) is 0 Å². The summed E-state index contributed by atoms with van der Waals surface area (Å²) in [7, 11) is 0. The van der Waals surface area contributed by atoms with E-state index in [-0.39, 0.29) is 0 Å². The molecule has 1 unspecified atom stereocenters. The number of nitrogens with one attached hydrogen (secondary N) is 1. The fourth-order valence-corrected chi connectivity index (χ4v) is 3.14. The molecule has 0 radical (unpaired) electrons. The molecular formula is C16H21NS. The fraction of sp³-hybridized carbons (Fsp3) is 0.375. The Kier molecular flexibility index (Phi) is 4.20. The van der Waals surface area contributed by atoms with Crippen LogP contribution < -0.4 is 5.32 Å². The maximum absolute atomic E-state index is 3.60. The molecule has 1 nitrogen and oxygen atoms in total. The van der Waals surface area contributed by atoms with Gasteiger partial charge in [0.15, 0.2) is 0 Å². The molecule has 2 aromatic rings. The van der Waals surface area contributed by atoms with Crippen LogP contribution in [0.1, 0.15) is 40.1 Å². The lowest BCUT2D eigenvalue weighted by atomic mass is 9.95. The van der Waals surface area contributed by atoms with E-state index in [2.05, 4.69) is 62.7 Å². The van der Waals surface area contributed by atoms with Crippen molar-refractivity contribution in [2.75, 3.05) is 6.54 Å². The highest BCUT2D eigenvalue weighted by Gasteiger charge is 2.16. The molecule has 1 N–H and O–H groups in total. The average molecular weight is 259 g/mol. The van der Waals surface area contributed by atoms with E-state index >= 15 is 0 Å². The van der Waals surface area contributed by atoms with Crippen molar-refractivity contribution in [3.05, 3.63) is 56.8 Å². The van der Waals surface area contributed by atoms with E-state index in [1.807, 2.05) is 11.3 Å². The lowest BCUT2D eigenvalue weighted by Crippen LogP contribution is -2.22. The van der Waals surface area contributed by atoms with Gasteiger partial charge in [-0.15, -0.1) is 11.3 Å². The Labute approximate surface area is 114 Å². The summed E-state index contributed by atoms with van der Waals surface area (Å²) in [5.74, 6) is 0. The van der Waals surface area contributed by atoms with E-state index in [0.29, 0.717) is 6.04 Å². The van der Waals surface area contributed by atoms with Crippen molar-refractivity contribution < 1.29 is 0 Å². The van der Waals surface area contributed by atoms with Crippen LogP contribution in [-0.4, -0.2) is 6.54 Å². The molecule has 0 aliphatic rings. The van der Waals surface area contributed by atoms with Crippen LogP contribution in [0, 0.1) is 20.8 Å². The van der Waals surface area contributed by atoms with E-state index in [0.717, 1.165) is 6.54 Å². The van der Waals surface area contributed by atoms with Crippen molar-refractivity contribution in [3.8, 4) is 0 Å². The zero-order chi connectivity index (χ0) is 13.1. The molecule has 0 saturated heterocycles. The first-order chi connectivity index (χ1) is 8.63. The second-order valence-corrected chi connectivity index (χ2v) is 5.78. The maximum Gasteiger partial charge on any atom is 0.0673 e. The quantitative estimate of drug-likeness (QED) is 0.859. The summed E-state index contributed by atoms with van der Waals surface area (Å²) in [4.78, 5) is 1.39. The van der Waals surface area contributed by atoms with E-state index in [9.17, 15) is 0 Å². The molecule has 0 amide bonds. The van der Waals surface area contributed by atoms with Gasteiger partial charge in [0.05, 0.1) is 6.04 Å². The first kappa shape index (κ1) is 13.3. The van der Waals surface area contributed by atoms with E-state index in [1.54, 1.807) is 0 Å². The highest BCUT2D eigenvalue weighted by atomic mass is 32.1.